The number of rotatable bonds is 5. The zero-order chi connectivity index (χ0) is 22.9. The first-order valence-corrected chi connectivity index (χ1v) is 12.1. The van der Waals surface area contributed by atoms with Crippen molar-refractivity contribution in [3.05, 3.63) is 99.9 Å². The van der Waals surface area contributed by atoms with Crippen LogP contribution in [0.3, 0.4) is 0 Å². The average Bonchev–Trinajstić information content (AvgIpc) is 3.49. The second-order valence-corrected chi connectivity index (χ2v) is 9.60. The maximum Gasteiger partial charge on any atom is 0.258 e. The third kappa shape index (κ3) is 4.34. The Labute approximate surface area is 202 Å². The number of benzene rings is 2. The number of thiocarbonyl (C=S) groups is 1. The van der Waals surface area contributed by atoms with Crippen molar-refractivity contribution in [1.29, 1.82) is 0 Å². The van der Waals surface area contributed by atoms with Crippen molar-refractivity contribution in [2.24, 2.45) is 0 Å². The van der Waals surface area contributed by atoms with Gasteiger partial charge in [0.05, 0.1) is 16.5 Å². The number of aryl methyl sites for hydroxylation is 2. The summed E-state index contributed by atoms with van der Waals surface area (Å²) in [6, 6.07) is 20.7. The van der Waals surface area contributed by atoms with Gasteiger partial charge in [-0.2, -0.15) is 4.98 Å². The first kappa shape index (κ1) is 21.6. The van der Waals surface area contributed by atoms with Crippen molar-refractivity contribution in [3.8, 4) is 10.7 Å². The molecule has 2 aromatic carbocycles. The SMILES string of the molecule is CC1=C(c2nc(-c3cccs3)no2)C(c2ccc(C)cc2)NC(=S)N1Cc1cccc(C)c1. The van der Waals surface area contributed by atoms with Gasteiger partial charge in [-0.1, -0.05) is 70.9 Å². The minimum Gasteiger partial charge on any atom is -0.351 e. The maximum absolute atomic E-state index is 5.83. The lowest BCUT2D eigenvalue weighted by atomic mass is 9.94. The van der Waals surface area contributed by atoms with Crippen molar-refractivity contribution in [3.63, 3.8) is 0 Å². The molecule has 33 heavy (non-hydrogen) atoms. The van der Waals surface area contributed by atoms with Crippen LogP contribution in [0.4, 0.5) is 0 Å². The van der Waals surface area contributed by atoms with Gasteiger partial charge in [-0.15, -0.1) is 11.3 Å². The summed E-state index contributed by atoms with van der Waals surface area (Å²) in [5.74, 6) is 1.10. The van der Waals surface area contributed by atoms with Gasteiger partial charge in [0.15, 0.2) is 5.11 Å². The molecule has 0 fully saturated rings. The van der Waals surface area contributed by atoms with Gasteiger partial charge in [-0.3, -0.25) is 0 Å². The lowest BCUT2D eigenvalue weighted by Crippen LogP contribution is -2.45. The van der Waals surface area contributed by atoms with E-state index in [2.05, 4.69) is 84.7 Å². The Bertz CT molecular complexity index is 1320. The van der Waals surface area contributed by atoms with Crippen molar-refractivity contribution >= 4 is 34.2 Å². The molecule has 7 heteroatoms. The van der Waals surface area contributed by atoms with Crippen LogP contribution in [0, 0.1) is 13.8 Å². The van der Waals surface area contributed by atoms with Gasteiger partial charge >= 0.3 is 0 Å². The fourth-order valence-corrected chi connectivity index (χ4v) is 5.06. The largest absolute Gasteiger partial charge is 0.351 e. The van der Waals surface area contributed by atoms with Crippen molar-refractivity contribution in [1.82, 2.24) is 20.4 Å². The molecular weight excluding hydrogens is 448 g/mol. The molecule has 4 aromatic rings. The quantitative estimate of drug-likeness (QED) is 0.345. The van der Waals surface area contributed by atoms with Gasteiger partial charge in [-0.05, 0) is 55.6 Å². The highest BCUT2D eigenvalue weighted by Gasteiger charge is 2.34. The van der Waals surface area contributed by atoms with E-state index >= 15 is 0 Å². The normalized spacial score (nSPS) is 16.3. The van der Waals surface area contributed by atoms with Crippen LogP contribution in [0.1, 0.15) is 41.1 Å². The van der Waals surface area contributed by atoms with Gasteiger partial charge in [0.25, 0.3) is 5.89 Å². The van der Waals surface area contributed by atoms with Crippen LogP contribution in [-0.4, -0.2) is 20.2 Å². The highest BCUT2D eigenvalue weighted by molar-refractivity contribution is 7.80. The van der Waals surface area contributed by atoms with Gasteiger partial charge < -0.3 is 14.7 Å². The number of thiophene rings is 1. The third-order valence-corrected chi connectivity index (χ3v) is 7.03. The fourth-order valence-electron chi connectivity index (χ4n) is 4.09. The molecule has 0 spiro atoms. The second kappa shape index (κ2) is 8.92. The van der Waals surface area contributed by atoms with Crippen LogP contribution in [0.15, 0.2) is 76.3 Å². The molecule has 1 aliphatic heterocycles. The van der Waals surface area contributed by atoms with Gasteiger partial charge in [-0.25, -0.2) is 0 Å². The Hall–Kier alpha value is -3.29. The zero-order valence-electron chi connectivity index (χ0n) is 18.7. The van der Waals surface area contributed by atoms with Gasteiger partial charge in [0.2, 0.25) is 5.82 Å². The topological polar surface area (TPSA) is 54.2 Å². The molecule has 1 aliphatic rings. The first-order chi connectivity index (χ1) is 16.0. The van der Waals surface area contributed by atoms with E-state index in [1.54, 1.807) is 11.3 Å². The van der Waals surface area contributed by atoms with E-state index in [4.69, 9.17) is 21.7 Å². The van der Waals surface area contributed by atoms with Gasteiger partial charge in [0.1, 0.15) is 0 Å². The Kier molecular flexibility index (Phi) is 5.83. The van der Waals surface area contributed by atoms with E-state index in [0.29, 0.717) is 23.4 Å². The monoisotopic (exact) mass is 472 g/mol. The number of nitrogens with one attached hydrogen (secondary N) is 1. The van der Waals surface area contributed by atoms with E-state index in [1.165, 1.54) is 16.7 Å². The summed E-state index contributed by atoms with van der Waals surface area (Å²) in [5.41, 5.74) is 6.67. The average molecular weight is 473 g/mol. The third-order valence-electron chi connectivity index (χ3n) is 5.83. The summed E-state index contributed by atoms with van der Waals surface area (Å²) in [7, 11) is 0. The molecule has 166 valence electrons. The number of hydrogen-bond acceptors (Lipinski definition) is 5. The molecule has 0 saturated heterocycles. The summed E-state index contributed by atoms with van der Waals surface area (Å²) in [5, 5.41) is 10.5. The van der Waals surface area contributed by atoms with E-state index in [0.717, 1.165) is 21.7 Å². The smallest absolute Gasteiger partial charge is 0.258 e. The molecule has 2 aromatic heterocycles. The number of nitrogens with zero attached hydrogens (tertiary/aromatic N) is 3. The Morgan fingerprint density at radius 1 is 1.03 bits per heavy atom. The molecule has 0 saturated carbocycles. The van der Waals surface area contributed by atoms with Crippen LogP contribution in [-0.2, 0) is 6.54 Å². The maximum atomic E-state index is 5.83. The molecule has 1 N–H and O–H groups in total. The van der Waals surface area contributed by atoms with Crippen molar-refractivity contribution in [2.75, 3.05) is 0 Å². The number of allylic oxidation sites excluding steroid dienone is 1. The molecule has 0 radical (unpaired) electrons. The van der Waals surface area contributed by atoms with Crippen LogP contribution in [0.5, 0.6) is 0 Å². The van der Waals surface area contributed by atoms with Gasteiger partial charge in [0, 0.05) is 12.2 Å². The van der Waals surface area contributed by atoms with Crippen molar-refractivity contribution in [2.45, 2.75) is 33.4 Å². The molecule has 0 bridgehead atoms. The van der Waals surface area contributed by atoms with Crippen LogP contribution in [0.2, 0.25) is 0 Å². The highest BCUT2D eigenvalue weighted by atomic mass is 32.1. The van der Waals surface area contributed by atoms with Crippen LogP contribution in [0.25, 0.3) is 16.3 Å². The summed E-state index contributed by atoms with van der Waals surface area (Å²) in [4.78, 5) is 7.85. The summed E-state index contributed by atoms with van der Waals surface area (Å²) in [6.07, 6.45) is 0. The minimum absolute atomic E-state index is 0.177. The predicted octanol–water partition coefficient (Wildman–Crippen LogP) is 6.28. The summed E-state index contributed by atoms with van der Waals surface area (Å²) in [6.45, 7) is 6.92. The van der Waals surface area contributed by atoms with E-state index < -0.39 is 0 Å². The van der Waals surface area contributed by atoms with Crippen molar-refractivity contribution < 1.29 is 4.52 Å². The lowest BCUT2D eigenvalue weighted by molar-refractivity contribution is 0.396. The molecule has 1 unspecified atom stereocenters. The standard InChI is InChI=1S/C26H24N4OS2/c1-16-9-11-20(12-10-16)23-22(25-28-24(29-31-25)21-8-5-13-33-21)18(3)30(26(32)27-23)15-19-7-4-6-17(2)14-19/h4-14,23H,15H2,1-3H3,(H,27,32). The number of hydrogen-bond donors (Lipinski definition) is 1. The molecule has 0 aliphatic carbocycles. The Morgan fingerprint density at radius 2 is 1.85 bits per heavy atom. The Balaban J connectivity index is 1.60. The van der Waals surface area contributed by atoms with Crippen LogP contribution >= 0.6 is 23.6 Å². The second-order valence-electron chi connectivity index (χ2n) is 8.27. The first-order valence-electron chi connectivity index (χ1n) is 10.8. The number of aromatic nitrogens is 2. The van der Waals surface area contributed by atoms with E-state index in [1.807, 2.05) is 17.5 Å². The Morgan fingerprint density at radius 3 is 2.58 bits per heavy atom. The molecule has 3 heterocycles. The molecule has 1 atom stereocenters. The van der Waals surface area contributed by atoms with Crippen LogP contribution < -0.4 is 5.32 Å². The summed E-state index contributed by atoms with van der Waals surface area (Å²) < 4.78 is 5.80. The summed E-state index contributed by atoms with van der Waals surface area (Å²) >= 11 is 7.42. The molecule has 0 amide bonds. The fraction of sp³-hybridized carbons (Fsp3) is 0.192. The van der Waals surface area contributed by atoms with E-state index in [9.17, 15) is 0 Å². The predicted molar refractivity (Wildman–Crippen MR) is 137 cm³/mol. The lowest BCUT2D eigenvalue weighted by Gasteiger charge is -2.37. The van der Waals surface area contributed by atoms with E-state index in [-0.39, 0.29) is 6.04 Å². The zero-order valence-corrected chi connectivity index (χ0v) is 20.3. The minimum atomic E-state index is -0.177. The highest BCUT2D eigenvalue weighted by Crippen LogP contribution is 2.38. The molecule has 5 nitrogen and oxygen atoms in total. The molecule has 5 rings (SSSR count). The molecular formula is C26H24N4OS2.